The van der Waals surface area contributed by atoms with E-state index >= 15 is 0 Å². The average Bonchev–Trinajstić information content (AvgIpc) is 3.73. The highest BCUT2D eigenvalue weighted by Crippen LogP contribution is 2.42. The molecule has 230 valence electrons. The average molecular weight is 628 g/mol. The SMILES string of the molecule is c1cc(-c2cccc3oc4ccccc4c23)cc(N(c2ccc(-c3cccc4ccccc34)cc2)c2ccc3c(c2)oc2ccccc23)c1. The van der Waals surface area contributed by atoms with Crippen LogP contribution in [0.15, 0.2) is 185 Å². The van der Waals surface area contributed by atoms with E-state index in [1.807, 2.05) is 24.3 Å². The lowest BCUT2D eigenvalue weighted by Crippen LogP contribution is -2.10. The molecule has 0 fully saturated rings. The summed E-state index contributed by atoms with van der Waals surface area (Å²) in [6.45, 7) is 0. The van der Waals surface area contributed by atoms with E-state index in [-0.39, 0.29) is 0 Å². The first-order chi connectivity index (χ1) is 24.3. The number of rotatable bonds is 5. The minimum absolute atomic E-state index is 0.863. The third-order valence-corrected chi connectivity index (χ3v) is 9.66. The first kappa shape index (κ1) is 27.5. The fourth-order valence-corrected chi connectivity index (χ4v) is 7.40. The van der Waals surface area contributed by atoms with Crippen LogP contribution in [0.3, 0.4) is 0 Å². The van der Waals surface area contributed by atoms with Crippen molar-refractivity contribution < 1.29 is 8.83 Å². The number of benzene rings is 8. The van der Waals surface area contributed by atoms with Crippen LogP contribution in [0.4, 0.5) is 17.1 Å². The molecule has 0 atom stereocenters. The van der Waals surface area contributed by atoms with Gasteiger partial charge >= 0.3 is 0 Å². The second-order valence-electron chi connectivity index (χ2n) is 12.5. The summed E-state index contributed by atoms with van der Waals surface area (Å²) in [6, 6.07) is 62.1. The number of hydrogen-bond donors (Lipinski definition) is 0. The molecule has 0 N–H and O–H groups in total. The van der Waals surface area contributed by atoms with Crippen molar-refractivity contribution in [1.82, 2.24) is 0 Å². The summed E-state index contributed by atoms with van der Waals surface area (Å²) in [5.41, 5.74) is 11.3. The van der Waals surface area contributed by atoms with Gasteiger partial charge in [0.1, 0.15) is 22.3 Å². The molecule has 8 aromatic carbocycles. The monoisotopic (exact) mass is 627 g/mol. The summed E-state index contributed by atoms with van der Waals surface area (Å²) < 4.78 is 12.6. The Morgan fingerprint density at radius 2 is 0.918 bits per heavy atom. The van der Waals surface area contributed by atoms with Gasteiger partial charge < -0.3 is 13.7 Å². The van der Waals surface area contributed by atoms with E-state index in [0.717, 1.165) is 72.1 Å². The minimum Gasteiger partial charge on any atom is -0.456 e. The molecule has 0 unspecified atom stereocenters. The van der Waals surface area contributed by atoms with Gasteiger partial charge in [-0.15, -0.1) is 0 Å². The van der Waals surface area contributed by atoms with Crippen LogP contribution >= 0.6 is 0 Å². The molecule has 0 aliphatic rings. The molecule has 3 nitrogen and oxygen atoms in total. The van der Waals surface area contributed by atoms with Gasteiger partial charge in [0.05, 0.1) is 0 Å². The van der Waals surface area contributed by atoms with Crippen LogP contribution in [0.1, 0.15) is 0 Å². The fourth-order valence-electron chi connectivity index (χ4n) is 7.40. The normalized spacial score (nSPS) is 11.7. The summed E-state index contributed by atoms with van der Waals surface area (Å²) in [5, 5.41) is 6.97. The van der Waals surface area contributed by atoms with E-state index < -0.39 is 0 Å². The Balaban J connectivity index is 1.14. The first-order valence-electron chi connectivity index (χ1n) is 16.6. The van der Waals surface area contributed by atoms with E-state index in [1.54, 1.807) is 0 Å². The maximum atomic E-state index is 6.37. The summed E-state index contributed by atoms with van der Waals surface area (Å²) in [6.07, 6.45) is 0. The van der Waals surface area contributed by atoms with Crippen LogP contribution in [-0.2, 0) is 0 Å². The van der Waals surface area contributed by atoms with E-state index in [1.165, 1.54) is 21.9 Å². The largest absolute Gasteiger partial charge is 0.456 e. The molecule has 49 heavy (non-hydrogen) atoms. The highest BCUT2D eigenvalue weighted by atomic mass is 16.3. The van der Waals surface area contributed by atoms with Crippen LogP contribution in [0.5, 0.6) is 0 Å². The molecule has 0 bridgehead atoms. The molecule has 2 heterocycles. The Morgan fingerprint density at radius 3 is 1.80 bits per heavy atom. The second-order valence-corrected chi connectivity index (χ2v) is 12.5. The molecule has 0 saturated carbocycles. The molecule has 0 radical (unpaired) electrons. The molecule has 10 aromatic rings. The fraction of sp³-hybridized carbons (Fsp3) is 0. The van der Waals surface area contributed by atoms with E-state index in [2.05, 4.69) is 157 Å². The lowest BCUT2D eigenvalue weighted by Gasteiger charge is -2.26. The van der Waals surface area contributed by atoms with Crippen LogP contribution in [-0.4, -0.2) is 0 Å². The van der Waals surface area contributed by atoms with Crippen molar-refractivity contribution in [2.45, 2.75) is 0 Å². The number of fused-ring (bicyclic) bond motifs is 7. The van der Waals surface area contributed by atoms with Gasteiger partial charge in [0, 0.05) is 44.7 Å². The Morgan fingerprint density at radius 1 is 0.327 bits per heavy atom. The molecule has 0 aliphatic carbocycles. The quantitative estimate of drug-likeness (QED) is 0.190. The number of furan rings is 2. The van der Waals surface area contributed by atoms with E-state index in [4.69, 9.17) is 8.83 Å². The van der Waals surface area contributed by atoms with Crippen molar-refractivity contribution in [2.24, 2.45) is 0 Å². The summed E-state index contributed by atoms with van der Waals surface area (Å²) in [5.74, 6) is 0. The van der Waals surface area contributed by atoms with Gasteiger partial charge in [0.25, 0.3) is 0 Å². The lowest BCUT2D eigenvalue weighted by atomic mass is 9.97. The van der Waals surface area contributed by atoms with Crippen LogP contribution in [0.2, 0.25) is 0 Å². The van der Waals surface area contributed by atoms with E-state index in [9.17, 15) is 0 Å². The number of anilines is 3. The molecule has 3 heteroatoms. The Hall–Kier alpha value is -6.58. The molecule has 0 amide bonds. The van der Waals surface area contributed by atoms with Gasteiger partial charge in [-0.05, 0) is 87.6 Å². The van der Waals surface area contributed by atoms with Crippen molar-refractivity contribution in [2.75, 3.05) is 4.90 Å². The van der Waals surface area contributed by atoms with Gasteiger partial charge in [-0.1, -0.05) is 115 Å². The maximum Gasteiger partial charge on any atom is 0.137 e. The topological polar surface area (TPSA) is 29.5 Å². The third-order valence-electron chi connectivity index (χ3n) is 9.66. The maximum absolute atomic E-state index is 6.37. The molecular formula is C46H29NO2. The highest BCUT2D eigenvalue weighted by Gasteiger charge is 2.18. The van der Waals surface area contributed by atoms with Gasteiger partial charge in [-0.25, -0.2) is 0 Å². The Bertz CT molecular complexity index is 2830. The second kappa shape index (κ2) is 11.0. The zero-order valence-electron chi connectivity index (χ0n) is 26.5. The molecule has 2 aromatic heterocycles. The van der Waals surface area contributed by atoms with Crippen molar-refractivity contribution in [3.8, 4) is 22.3 Å². The number of hydrogen-bond acceptors (Lipinski definition) is 3. The summed E-state index contributed by atoms with van der Waals surface area (Å²) >= 11 is 0. The zero-order valence-corrected chi connectivity index (χ0v) is 26.5. The first-order valence-corrected chi connectivity index (χ1v) is 16.6. The molecule has 0 aliphatic heterocycles. The van der Waals surface area contributed by atoms with Crippen molar-refractivity contribution in [3.63, 3.8) is 0 Å². The summed E-state index contributed by atoms with van der Waals surface area (Å²) in [7, 11) is 0. The van der Waals surface area contributed by atoms with Crippen LogP contribution in [0.25, 0.3) is 76.9 Å². The molecule has 0 saturated heterocycles. The zero-order chi connectivity index (χ0) is 32.3. The van der Waals surface area contributed by atoms with Crippen molar-refractivity contribution in [1.29, 1.82) is 0 Å². The van der Waals surface area contributed by atoms with Gasteiger partial charge in [-0.3, -0.25) is 0 Å². The van der Waals surface area contributed by atoms with Crippen molar-refractivity contribution >= 4 is 71.7 Å². The highest BCUT2D eigenvalue weighted by molar-refractivity contribution is 6.12. The number of para-hydroxylation sites is 2. The van der Waals surface area contributed by atoms with Crippen LogP contribution in [0, 0.1) is 0 Å². The smallest absolute Gasteiger partial charge is 0.137 e. The molecular weight excluding hydrogens is 599 g/mol. The summed E-state index contributed by atoms with van der Waals surface area (Å²) in [4.78, 5) is 2.32. The van der Waals surface area contributed by atoms with Crippen LogP contribution < -0.4 is 4.90 Å². The van der Waals surface area contributed by atoms with E-state index in [0.29, 0.717) is 0 Å². The predicted octanol–water partition coefficient (Wildman–Crippen LogP) is 13.4. The van der Waals surface area contributed by atoms with Crippen molar-refractivity contribution in [3.05, 3.63) is 176 Å². The Kier molecular flexibility index (Phi) is 6.18. The third kappa shape index (κ3) is 4.51. The van der Waals surface area contributed by atoms with Gasteiger partial charge in [0.15, 0.2) is 0 Å². The predicted molar refractivity (Wildman–Crippen MR) is 204 cm³/mol. The molecule has 10 rings (SSSR count). The molecule has 0 spiro atoms. The van der Waals surface area contributed by atoms with Gasteiger partial charge in [-0.2, -0.15) is 0 Å². The van der Waals surface area contributed by atoms with Gasteiger partial charge in [0.2, 0.25) is 0 Å². The lowest BCUT2D eigenvalue weighted by molar-refractivity contribution is 0.668. The number of nitrogens with zero attached hydrogens (tertiary/aromatic N) is 1. The standard InChI is InChI=1S/C46H29NO2/c1-2-14-36-30(10-1)11-8-17-37(36)31-22-24-33(25-23-31)47(35-26-27-40-39-15-3-5-19-42(39)49-45(40)29-35)34-13-7-12-32(28-34)38-18-9-21-44-46(38)41-16-4-6-20-43(41)48-44/h1-29H. The Labute approximate surface area is 282 Å². The minimum atomic E-state index is 0.863.